The average Bonchev–Trinajstić information content (AvgIpc) is 3.57. The fourth-order valence-corrected chi connectivity index (χ4v) is 7.25. The first kappa shape index (κ1) is 30.8. The second-order valence-electron chi connectivity index (χ2n) is 11.4. The standard InChI is InChI=1S/C38H30N4O5S/c1-3-47-37(44)33-34(26-12-6-4-7-13-26)39-38-41(35(33)27-14-8-5-9-15-27)36(43)32(48-38)22-30-24(2)40(31-17-11-10-16-29(30)31)23-25-18-20-28(21-19-25)42(45)46/h4-22,35H,3,23H2,1-2H3/b32-22-/t35-/m0/s1. The number of nitrogens with zero attached hydrogens (tertiary/aromatic N) is 4. The molecule has 6 aromatic rings. The van der Waals surface area contributed by atoms with Crippen LogP contribution in [0.5, 0.6) is 0 Å². The Hall–Kier alpha value is -5.87. The first-order valence-electron chi connectivity index (χ1n) is 15.5. The summed E-state index contributed by atoms with van der Waals surface area (Å²) in [6.45, 7) is 4.44. The highest BCUT2D eigenvalue weighted by Crippen LogP contribution is 2.35. The minimum atomic E-state index is -0.747. The maximum atomic E-state index is 14.4. The molecule has 0 spiro atoms. The highest BCUT2D eigenvalue weighted by molar-refractivity contribution is 7.07. The number of nitro benzene ring substituents is 1. The van der Waals surface area contributed by atoms with Gasteiger partial charge in [0.25, 0.3) is 11.2 Å². The molecule has 0 N–H and O–H groups in total. The Bertz CT molecular complexity index is 2410. The van der Waals surface area contributed by atoms with E-state index in [0.29, 0.717) is 27.1 Å². The number of nitro groups is 1. The summed E-state index contributed by atoms with van der Waals surface area (Å²) < 4.78 is 9.80. The molecule has 238 valence electrons. The van der Waals surface area contributed by atoms with Crippen LogP contribution in [0.2, 0.25) is 0 Å². The smallest absolute Gasteiger partial charge is 0.338 e. The highest BCUT2D eigenvalue weighted by atomic mass is 32.1. The molecule has 3 heterocycles. The van der Waals surface area contributed by atoms with Gasteiger partial charge in [-0.05, 0) is 37.1 Å². The second-order valence-corrected chi connectivity index (χ2v) is 12.4. The summed E-state index contributed by atoms with van der Waals surface area (Å²) in [6, 6.07) is 32.8. The first-order valence-corrected chi connectivity index (χ1v) is 16.3. The van der Waals surface area contributed by atoms with Crippen molar-refractivity contribution < 1.29 is 14.5 Å². The van der Waals surface area contributed by atoms with Crippen molar-refractivity contribution in [3.05, 3.63) is 173 Å². The number of carbonyl (C=O) groups is 1. The molecular weight excluding hydrogens is 625 g/mol. The summed E-state index contributed by atoms with van der Waals surface area (Å²) in [6.07, 6.45) is 1.91. The van der Waals surface area contributed by atoms with Crippen molar-refractivity contribution in [1.29, 1.82) is 0 Å². The predicted molar refractivity (Wildman–Crippen MR) is 186 cm³/mol. The Kier molecular flexibility index (Phi) is 8.16. The number of hydrogen-bond acceptors (Lipinski definition) is 7. The fraction of sp³-hybridized carbons (Fsp3) is 0.132. The van der Waals surface area contributed by atoms with Crippen LogP contribution in [0.1, 0.15) is 40.9 Å². The van der Waals surface area contributed by atoms with Gasteiger partial charge >= 0.3 is 5.97 Å². The van der Waals surface area contributed by atoms with Gasteiger partial charge < -0.3 is 9.30 Å². The Morgan fingerprint density at radius 3 is 2.31 bits per heavy atom. The van der Waals surface area contributed by atoms with Gasteiger partial charge in [-0.2, -0.15) is 0 Å². The van der Waals surface area contributed by atoms with Crippen molar-refractivity contribution in [2.75, 3.05) is 6.61 Å². The molecule has 0 fully saturated rings. The number of para-hydroxylation sites is 1. The molecule has 1 atom stereocenters. The predicted octanol–water partition coefficient (Wildman–Crippen LogP) is 6.16. The SMILES string of the molecule is CCOC(=O)C1=C(c2ccccc2)N=c2s/c(=C\c3c(C)n(Cc4ccc([N+](=O)[O-])cc4)c4ccccc34)c(=O)n2[C@H]1c1ccccc1. The van der Waals surface area contributed by atoms with Gasteiger partial charge in [0.05, 0.1) is 33.4 Å². The Labute approximate surface area is 279 Å². The van der Waals surface area contributed by atoms with Crippen LogP contribution in [0.25, 0.3) is 22.7 Å². The van der Waals surface area contributed by atoms with Crippen molar-refractivity contribution in [2.45, 2.75) is 26.4 Å². The zero-order valence-corrected chi connectivity index (χ0v) is 27.0. The molecule has 0 unspecified atom stereocenters. The van der Waals surface area contributed by atoms with Crippen molar-refractivity contribution in [3.8, 4) is 0 Å². The number of aromatic nitrogens is 2. The van der Waals surface area contributed by atoms with Crippen molar-refractivity contribution in [2.24, 2.45) is 4.99 Å². The van der Waals surface area contributed by atoms with Gasteiger partial charge in [-0.3, -0.25) is 19.5 Å². The highest BCUT2D eigenvalue weighted by Gasteiger charge is 2.35. The fourth-order valence-electron chi connectivity index (χ4n) is 6.27. The van der Waals surface area contributed by atoms with Crippen LogP contribution in [-0.4, -0.2) is 26.6 Å². The van der Waals surface area contributed by atoms with Crippen LogP contribution < -0.4 is 14.9 Å². The van der Waals surface area contributed by atoms with E-state index in [1.165, 1.54) is 23.5 Å². The van der Waals surface area contributed by atoms with E-state index in [9.17, 15) is 19.7 Å². The van der Waals surface area contributed by atoms with Gasteiger partial charge in [-0.15, -0.1) is 0 Å². The van der Waals surface area contributed by atoms with Crippen LogP contribution in [0, 0.1) is 17.0 Å². The van der Waals surface area contributed by atoms with Gasteiger partial charge in [0.1, 0.15) is 0 Å². The number of ether oxygens (including phenoxy) is 1. The second kappa shape index (κ2) is 12.7. The molecule has 0 radical (unpaired) electrons. The molecule has 1 aliphatic heterocycles. The molecule has 2 aromatic heterocycles. The molecule has 0 bridgehead atoms. The minimum Gasteiger partial charge on any atom is -0.463 e. The molecule has 1 aliphatic rings. The van der Waals surface area contributed by atoms with Crippen LogP contribution in [0.15, 0.2) is 125 Å². The third-order valence-electron chi connectivity index (χ3n) is 8.53. The van der Waals surface area contributed by atoms with Crippen LogP contribution in [0.3, 0.4) is 0 Å². The van der Waals surface area contributed by atoms with E-state index in [4.69, 9.17) is 9.73 Å². The largest absolute Gasteiger partial charge is 0.463 e. The summed E-state index contributed by atoms with van der Waals surface area (Å²) in [5.74, 6) is -0.520. The molecule has 4 aromatic carbocycles. The van der Waals surface area contributed by atoms with E-state index >= 15 is 0 Å². The first-order chi connectivity index (χ1) is 23.4. The van der Waals surface area contributed by atoms with E-state index in [2.05, 4.69) is 4.57 Å². The van der Waals surface area contributed by atoms with Gasteiger partial charge in [-0.25, -0.2) is 9.79 Å². The van der Waals surface area contributed by atoms with Crippen LogP contribution >= 0.6 is 11.3 Å². The number of esters is 1. The lowest BCUT2D eigenvalue weighted by atomic mass is 9.93. The number of non-ortho nitro benzene ring substituents is 1. The van der Waals surface area contributed by atoms with Gasteiger partial charge in [0.15, 0.2) is 4.80 Å². The molecule has 9 nitrogen and oxygen atoms in total. The molecule has 48 heavy (non-hydrogen) atoms. The maximum Gasteiger partial charge on any atom is 0.338 e. The Balaban J connectivity index is 1.43. The lowest BCUT2D eigenvalue weighted by molar-refractivity contribution is -0.384. The van der Waals surface area contributed by atoms with E-state index < -0.39 is 16.9 Å². The molecule has 10 heteroatoms. The Morgan fingerprint density at radius 2 is 1.62 bits per heavy atom. The molecule has 0 saturated heterocycles. The number of benzene rings is 4. The summed E-state index contributed by atoms with van der Waals surface area (Å²) in [5.41, 5.74) is 5.82. The van der Waals surface area contributed by atoms with E-state index in [1.807, 2.05) is 97.9 Å². The van der Waals surface area contributed by atoms with Crippen LogP contribution in [-0.2, 0) is 16.1 Å². The summed E-state index contributed by atoms with van der Waals surface area (Å²) in [5, 5.41) is 12.2. The third kappa shape index (κ3) is 5.46. The van der Waals surface area contributed by atoms with Gasteiger partial charge in [-0.1, -0.05) is 102 Å². The normalized spacial score (nSPS) is 14.5. The topological polar surface area (TPSA) is 109 Å². The third-order valence-corrected chi connectivity index (χ3v) is 9.51. The number of rotatable bonds is 8. The van der Waals surface area contributed by atoms with E-state index in [-0.39, 0.29) is 17.9 Å². The Morgan fingerprint density at radius 1 is 0.958 bits per heavy atom. The number of thiazole rings is 1. The summed E-state index contributed by atoms with van der Waals surface area (Å²) in [7, 11) is 0. The zero-order chi connectivity index (χ0) is 33.4. The zero-order valence-electron chi connectivity index (χ0n) is 26.2. The molecule has 0 amide bonds. The number of fused-ring (bicyclic) bond motifs is 2. The maximum absolute atomic E-state index is 14.4. The van der Waals surface area contributed by atoms with E-state index in [0.717, 1.165) is 38.9 Å². The summed E-state index contributed by atoms with van der Waals surface area (Å²) in [4.78, 5) is 44.3. The lowest BCUT2D eigenvalue weighted by Crippen LogP contribution is -2.40. The molecule has 0 saturated carbocycles. The van der Waals surface area contributed by atoms with E-state index in [1.54, 1.807) is 23.6 Å². The van der Waals surface area contributed by atoms with Gasteiger partial charge in [0.2, 0.25) is 0 Å². The molecular formula is C38H30N4O5S. The van der Waals surface area contributed by atoms with Crippen molar-refractivity contribution >= 4 is 45.7 Å². The summed E-state index contributed by atoms with van der Waals surface area (Å²) >= 11 is 1.28. The number of carbonyl (C=O) groups excluding carboxylic acids is 1. The van der Waals surface area contributed by atoms with Gasteiger partial charge in [0, 0.05) is 46.4 Å². The van der Waals surface area contributed by atoms with Crippen LogP contribution in [0.4, 0.5) is 5.69 Å². The number of hydrogen-bond donors (Lipinski definition) is 0. The average molecular weight is 655 g/mol. The molecule has 0 aliphatic carbocycles. The molecule has 7 rings (SSSR count). The van der Waals surface area contributed by atoms with Crippen molar-refractivity contribution in [1.82, 2.24) is 9.13 Å². The minimum absolute atomic E-state index is 0.0410. The monoisotopic (exact) mass is 654 g/mol. The quantitative estimate of drug-likeness (QED) is 0.111. The lowest BCUT2D eigenvalue weighted by Gasteiger charge is -2.25. The van der Waals surface area contributed by atoms with Crippen molar-refractivity contribution in [3.63, 3.8) is 0 Å².